The molecule has 25 heavy (non-hydrogen) atoms. The van der Waals surface area contributed by atoms with Crippen LogP contribution in [0.4, 0.5) is 5.69 Å². The lowest BCUT2D eigenvalue weighted by Crippen LogP contribution is -2.19. The van der Waals surface area contributed by atoms with Crippen LogP contribution < -0.4 is 5.32 Å². The van der Waals surface area contributed by atoms with E-state index < -0.39 is 16.8 Å². The molecule has 0 aliphatic heterocycles. The van der Waals surface area contributed by atoms with Crippen LogP contribution in [-0.4, -0.2) is 26.4 Å². The summed E-state index contributed by atoms with van der Waals surface area (Å²) >= 11 is 0. The summed E-state index contributed by atoms with van der Waals surface area (Å²) < 4.78 is 12.5. The molecule has 1 aliphatic carbocycles. The first-order chi connectivity index (χ1) is 12.0. The smallest absolute Gasteiger partial charge is 0.303 e. The fourth-order valence-electron chi connectivity index (χ4n) is 3.13. The molecule has 0 radical (unpaired) electrons. The molecule has 1 atom stereocenters. The predicted octanol–water partition coefficient (Wildman–Crippen LogP) is 3.85. The lowest BCUT2D eigenvalue weighted by molar-refractivity contribution is -0.137. The van der Waals surface area contributed by atoms with Gasteiger partial charge < -0.3 is 10.4 Å². The van der Waals surface area contributed by atoms with Gasteiger partial charge in [0.15, 0.2) is 0 Å². The van der Waals surface area contributed by atoms with Crippen LogP contribution in [-0.2, 0) is 26.1 Å². The topological polar surface area (TPSA) is 83.5 Å². The summed E-state index contributed by atoms with van der Waals surface area (Å²) in [5, 5.41) is 11.7. The molecule has 2 rings (SSSR count). The lowest BCUT2D eigenvalue weighted by Gasteiger charge is -2.21. The van der Waals surface area contributed by atoms with Crippen LogP contribution in [0.15, 0.2) is 24.3 Å². The van der Waals surface area contributed by atoms with E-state index in [0.29, 0.717) is 36.0 Å². The van der Waals surface area contributed by atoms with E-state index >= 15 is 0 Å². The zero-order chi connectivity index (χ0) is 18.1. The summed E-state index contributed by atoms with van der Waals surface area (Å²) in [6.45, 7) is 0. The average molecular weight is 365 g/mol. The van der Waals surface area contributed by atoms with E-state index in [1.165, 1.54) is 19.3 Å². The maximum atomic E-state index is 12.5. The second kappa shape index (κ2) is 10.3. The van der Waals surface area contributed by atoms with Gasteiger partial charge in [0.25, 0.3) is 0 Å². The van der Waals surface area contributed by atoms with Gasteiger partial charge in [-0.3, -0.25) is 13.8 Å². The number of anilines is 1. The third-order valence-electron chi connectivity index (χ3n) is 4.49. The Labute approximate surface area is 151 Å². The van der Waals surface area contributed by atoms with Crippen molar-refractivity contribution in [3.8, 4) is 0 Å². The van der Waals surface area contributed by atoms with Crippen LogP contribution in [0.3, 0.4) is 0 Å². The first-order valence-electron chi connectivity index (χ1n) is 9.02. The largest absolute Gasteiger partial charge is 0.481 e. The number of carboxylic acids is 1. The van der Waals surface area contributed by atoms with Crippen LogP contribution in [0.2, 0.25) is 0 Å². The van der Waals surface area contributed by atoms with Crippen molar-refractivity contribution in [2.24, 2.45) is 0 Å². The average Bonchev–Trinajstić information content (AvgIpc) is 2.59. The number of hydrogen-bond donors (Lipinski definition) is 2. The first kappa shape index (κ1) is 19.6. The van der Waals surface area contributed by atoms with Gasteiger partial charge in [0.05, 0.1) is 0 Å². The van der Waals surface area contributed by atoms with E-state index in [1.54, 1.807) is 0 Å². The maximum absolute atomic E-state index is 12.5. The molecule has 1 amide bonds. The second-order valence-electron chi connectivity index (χ2n) is 6.63. The molecular formula is C19H27NO4S. The molecule has 0 heterocycles. The van der Waals surface area contributed by atoms with Crippen molar-refractivity contribution in [2.45, 2.75) is 68.8 Å². The Kier molecular flexibility index (Phi) is 8.12. The van der Waals surface area contributed by atoms with Gasteiger partial charge in [-0.1, -0.05) is 31.4 Å². The molecule has 1 aromatic rings. The van der Waals surface area contributed by atoms with Gasteiger partial charge in [-0.15, -0.1) is 0 Å². The molecule has 0 spiro atoms. The zero-order valence-electron chi connectivity index (χ0n) is 14.5. The molecule has 0 saturated heterocycles. The van der Waals surface area contributed by atoms with E-state index in [4.69, 9.17) is 5.11 Å². The normalized spacial score (nSPS) is 16.3. The minimum Gasteiger partial charge on any atom is -0.481 e. The molecule has 1 fully saturated rings. The molecule has 0 aromatic heterocycles. The molecule has 2 N–H and O–H groups in total. The van der Waals surface area contributed by atoms with Gasteiger partial charge in [-0.05, 0) is 43.4 Å². The van der Waals surface area contributed by atoms with Crippen LogP contribution in [0, 0.1) is 0 Å². The maximum Gasteiger partial charge on any atom is 0.303 e. The summed E-state index contributed by atoms with van der Waals surface area (Å²) in [4.78, 5) is 22.4. The molecule has 138 valence electrons. The third kappa shape index (κ3) is 7.38. The summed E-state index contributed by atoms with van der Waals surface area (Å²) in [5.74, 6) is -0.414. The van der Waals surface area contributed by atoms with E-state index in [9.17, 15) is 13.8 Å². The van der Waals surface area contributed by atoms with Gasteiger partial charge in [0.1, 0.15) is 0 Å². The molecule has 1 aliphatic rings. The van der Waals surface area contributed by atoms with Crippen molar-refractivity contribution in [2.75, 3.05) is 5.32 Å². The number of benzene rings is 1. The Bertz CT molecular complexity index is 611. The van der Waals surface area contributed by atoms with Crippen molar-refractivity contribution in [1.82, 2.24) is 0 Å². The van der Waals surface area contributed by atoms with Gasteiger partial charge in [-0.2, -0.15) is 0 Å². The van der Waals surface area contributed by atoms with Crippen LogP contribution in [0.1, 0.15) is 63.4 Å². The lowest BCUT2D eigenvalue weighted by atomic mass is 10.0. The summed E-state index contributed by atoms with van der Waals surface area (Å²) in [7, 11) is -0.857. The highest BCUT2D eigenvalue weighted by molar-refractivity contribution is 7.84. The number of carbonyl (C=O) groups excluding carboxylic acids is 1. The van der Waals surface area contributed by atoms with E-state index in [-0.39, 0.29) is 12.3 Å². The number of nitrogens with one attached hydrogen (secondary N) is 1. The fraction of sp³-hybridized carbons (Fsp3) is 0.579. The van der Waals surface area contributed by atoms with E-state index in [0.717, 1.165) is 18.4 Å². The molecule has 6 heteroatoms. The van der Waals surface area contributed by atoms with Crippen molar-refractivity contribution in [1.29, 1.82) is 0 Å². The number of rotatable bonds is 9. The molecular weight excluding hydrogens is 338 g/mol. The molecule has 1 aromatic carbocycles. The summed E-state index contributed by atoms with van der Waals surface area (Å²) in [6, 6.07) is 7.52. The quantitative estimate of drug-likeness (QED) is 0.651. The Balaban J connectivity index is 1.80. The van der Waals surface area contributed by atoms with Gasteiger partial charge in [-0.25, -0.2) is 0 Å². The fourth-order valence-corrected chi connectivity index (χ4v) is 4.74. The Hall–Kier alpha value is -1.69. The number of amides is 1. The highest BCUT2D eigenvalue weighted by Gasteiger charge is 2.19. The Morgan fingerprint density at radius 3 is 2.56 bits per heavy atom. The van der Waals surface area contributed by atoms with Crippen molar-refractivity contribution < 1.29 is 18.9 Å². The summed E-state index contributed by atoms with van der Waals surface area (Å²) in [5.41, 5.74) is 1.69. The van der Waals surface area contributed by atoms with Crippen LogP contribution >= 0.6 is 0 Å². The molecule has 0 bridgehead atoms. The zero-order valence-corrected chi connectivity index (χ0v) is 15.4. The third-order valence-corrected chi connectivity index (χ3v) is 6.32. The SMILES string of the molecule is O=C(O)CCCCC(=O)Nc1cccc(CS(=O)C2CCCCC2)c1. The number of unbranched alkanes of at least 4 members (excludes halogenated alkanes) is 1. The standard InChI is InChI=1S/C19H27NO4S/c21-18(11-4-5-12-19(22)23)20-16-8-6-7-15(13-16)14-25(24)17-9-2-1-3-10-17/h6-8,13,17H,1-5,9-12,14H2,(H,20,21)(H,22,23). The number of aliphatic carboxylic acids is 1. The Morgan fingerprint density at radius 2 is 1.84 bits per heavy atom. The monoisotopic (exact) mass is 365 g/mol. The van der Waals surface area contributed by atoms with Gasteiger partial charge in [0.2, 0.25) is 5.91 Å². The first-order valence-corrected chi connectivity index (χ1v) is 10.4. The van der Waals surface area contributed by atoms with E-state index in [1.807, 2.05) is 24.3 Å². The summed E-state index contributed by atoms with van der Waals surface area (Å²) in [6.07, 6.45) is 7.18. The van der Waals surface area contributed by atoms with Crippen LogP contribution in [0.25, 0.3) is 0 Å². The van der Waals surface area contributed by atoms with Gasteiger partial charge >= 0.3 is 5.97 Å². The number of carboxylic acid groups (broad SMARTS) is 1. The highest BCUT2D eigenvalue weighted by Crippen LogP contribution is 2.24. The van der Waals surface area contributed by atoms with Crippen LogP contribution in [0.5, 0.6) is 0 Å². The van der Waals surface area contributed by atoms with Crippen molar-refractivity contribution >= 4 is 28.4 Å². The van der Waals surface area contributed by atoms with Crippen molar-refractivity contribution in [3.05, 3.63) is 29.8 Å². The number of hydrogen-bond acceptors (Lipinski definition) is 3. The van der Waals surface area contributed by atoms with Crippen molar-refractivity contribution in [3.63, 3.8) is 0 Å². The predicted molar refractivity (Wildman–Crippen MR) is 99.9 cm³/mol. The molecule has 1 unspecified atom stereocenters. The van der Waals surface area contributed by atoms with Gasteiger partial charge in [0, 0.05) is 40.3 Å². The van der Waals surface area contributed by atoms with E-state index in [2.05, 4.69) is 5.32 Å². The number of carbonyl (C=O) groups is 2. The minimum atomic E-state index is -0.857. The molecule has 1 saturated carbocycles. The highest BCUT2D eigenvalue weighted by atomic mass is 32.2. The molecule has 5 nitrogen and oxygen atoms in total. The Morgan fingerprint density at radius 1 is 1.12 bits per heavy atom. The minimum absolute atomic E-state index is 0.0930. The second-order valence-corrected chi connectivity index (χ2v) is 8.35.